The number of nitrogens with zero attached hydrogens (tertiary/aromatic N) is 1. The van der Waals surface area contributed by atoms with E-state index in [9.17, 15) is 5.11 Å². The third kappa shape index (κ3) is 2.96. The lowest BCUT2D eigenvalue weighted by molar-refractivity contribution is -0.0382. The van der Waals surface area contributed by atoms with Gasteiger partial charge in [0.2, 0.25) is 0 Å². The molecule has 0 unspecified atom stereocenters. The Kier molecular flexibility index (Phi) is 3.97. The second kappa shape index (κ2) is 5.47. The van der Waals surface area contributed by atoms with E-state index < -0.39 is 6.10 Å². The molecule has 0 aromatic carbocycles. The van der Waals surface area contributed by atoms with Crippen LogP contribution in [0.15, 0.2) is 18.3 Å². The van der Waals surface area contributed by atoms with E-state index in [0.717, 1.165) is 18.6 Å². The topological polar surface area (TPSA) is 51.6 Å². The summed E-state index contributed by atoms with van der Waals surface area (Å²) in [5.74, 6) is 0.761. The van der Waals surface area contributed by atoms with Crippen molar-refractivity contribution in [3.05, 3.63) is 24.0 Å². The minimum absolute atomic E-state index is 0.240. The first-order valence-electron chi connectivity index (χ1n) is 6.06. The van der Waals surface area contributed by atoms with Crippen LogP contribution < -0.4 is 4.74 Å². The zero-order valence-electron chi connectivity index (χ0n) is 10.3. The number of pyridine rings is 1. The van der Waals surface area contributed by atoms with Gasteiger partial charge in [-0.15, -0.1) is 0 Å². The minimum atomic E-state index is -0.481. The Morgan fingerprint density at radius 1 is 1.41 bits per heavy atom. The summed E-state index contributed by atoms with van der Waals surface area (Å²) in [6, 6.07) is 3.68. The molecule has 17 heavy (non-hydrogen) atoms. The summed E-state index contributed by atoms with van der Waals surface area (Å²) in [5.41, 5.74) is 0.697. The van der Waals surface area contributed by atoms with E-state index in [1.807, 2.05) is 19.1 Å². The van der Waals surface area contributed by atoms with Crippen molar-refractivity contribution in [3.63, 3.8) is 0 Å². The Morgan fingerprint density at radius 2 is 2.18 bits per heavy atom. The van der Waals surface area contributed by atoms with Crippen molar-refractivity contribution in [3.8, 4) is 5.75 Å². The van der Waals surface area contributed by atoms with Gasteiger partial charge in [0.15, 0.2) is 0 Å². The molecule has 0 spiro atoms. The SMILES string of the molecule is CC[C@H](O)c1ccc(O[C@H]2C[C@H](OC)C2)cn1. The van der Waals surface area contributed by atoms with Gasteiger partial charge in [-0.25, -0.2) is 0 Å². The summed E-state index contributed by atoms with van der Waals surface area (Å²) in [4.78, 5) is 4.19. The first-order valence-corrected chi connectivity index (χ1v) is 6.06. The molecule has 1 aromatic heterocycles. The maximum atomic E-state index is 9.61. The van der Waals surface area contributed by atoms with Gasteiger partial charge in [-0.1, -0.05) is 6.92 Å². The standard InChI is InChI=1S/C13H19NO3/c1-3-13(15)12-5-4-9(8-14-12)17-11-6-10(7-11)16-2/h4-5,8,10-11,13,15H,3,6-7H2,1-2H3/t10-,11-,13-/m0/s1. The molecule has 0 aliphatic heterocycles. The van der Waals surface area contributed by atoms with Crippen LogP contribution in [0.1, 0.15) is 38.0 Å². The lowest BCUT2D eigenvalue weighted by Crippen LogP contribution is -2.38. The van der Waals surface area contributed by atoms with E-state index in [1.54, 1.807) is 13.3 Å². The number of ether oxygens (including phenoxy) is 2. The highest BCUT2D eigenvalue weighted by Crippen LogP contribution is 2.27. The Morgan fingerprint density at radius 3 is 2.71 bits per heavy atom. The van der Waals surface area contributed by atoms with E-state index in [0.29, 0.717) is 18.2 Å². The molecular weight excluding hydrogens is 218 g/mol. The molecular formula is C13H19NO3. The highest BCUT2D eigenvalue weighted by Gasteiger charge is 2.30. The Hall–Kier alpha value is -1.13. The van der Waals surface area contributed by atoms with Crippen LogP contribution in [0.2, 0.25) is 0 Å². The van der Waals surface area contributed by atoms with Crippen LogP contribution in [0.4, 0.5) is 0 Å². The molecule has 1 aliphatic carbocycles. The van der Waals surface area contributed by atoms with Gasteiger partial charge in [-0.3, -0.25) is 4.98 Å². The lowest BCUT2D eigenvalue weighted by atomic mass is 9.92. The Labute approximate surface area is 102 Å². The summed E-state index contributed by atoms with van der Waals surface area (Å²) >= 11 is 0. The van der Waals surface area contributed by atoms with E-state index in [4.69, 9.17) is 9.47 Å². The largest absolute Gasteiger partial charge is 0.489 e. The monoisotopic (exact) mass is 237 g/mol. The molecule has 2 rings (SSSR count). The maximum absolute atomic E-state index is 9.61. The van der Waals surface area contributed by atoms with Crippen LogP contribution >= 0.6 is 0 Å². The summed E-state index contributed by atoms with van der Waals surface area (Å²) in [6.07, 6.45) is 4.33. The van der Waals surface area contributed by atoms with E-state index in [2.05, 4.69) is 4.98 Å². The number of aromatic nitrogens is 1. The van der Waals surface area contributed by atoms with E-state index >= 15 is 0 Å². The number of aliphatic hydroxyl groups is 1. The van der Waals surface area contributed by atoms with Gasteiger partial charge in [0.25, 0.3) is 0 Å². The van der Waals surface area contributed by atoms with Crippen molar-refractivity contribution in [2.24, 2.45) is 0 Å². The van der Waals surface area contributed by atoms with Crippen LogP contribution in [-0.2, 0) is 4.74 Å². The number of hydrogen-bond donors (Lipinski definition) is 1. The van der Waals surface area contributed by atoms with Gasteiger partial charge in [0.1, 0.15) is 11.9 Å². The molecule has 1 aromatic rings. The average molecular weight is 237 g/mol. The van der Waals surface area contributed by atoms with Crippen LogP contribution in [0.25, 0.3) is 0 Å². The normalized spacial score (nSPS) is 25.1. The van der Waals surface area contributed by atoms with Crippen LogP contribution in [0.5, 0.6) is 5.75 Å². The molecule has 1 fully saturated rings. The molecule has 1 heterocycles. The average Bonchev–Trinajstić information content (AvgIpc) is 2.33. The molecule has 1 atom stereocenters. The second-order valence-corrected chi connectivity index (χ2v) is 4.41. The molecule has 1 aliphatic rings. The van der Waals surface area contributed by atoms with Crippen LogP contribution in [-0.4, -0.2) is 29.4 Å². The number of rotatable bonds is 5. The zero-order chi connectivity index (χ0) is 12.3. The summed E-state index contributed by atoms with van der Waals surface area (Å²) in [6.45, 7) is 1.93. The van der Waals surface area contributed by atoms with Crippen molar-refractivity contribution in [2.75, 3.05) is 7.11 Å². The predicted molar refractivity (Wildman–Crippen MR) is 63.9 cm³/mol. The molecule has 1 N–H and O–H groups in total. The highest BCUT2D eigenvalue weighted by molar-refractivity contribution is 5.21. The quantitative estimate of drug-likeness (QED) is 0.852. The summed E-state index contributed by atoms with van der Waals surface area (Å²) < 4.78 is 10.9. The number of methoxy groups -OCH3 is 1. The Balaban J connectivity index is 1.86. The van der Waals surface area contributed by atoms with E-state index in [-0.39, 0.29) is 6.10 Å². The van der Waals surface area contributed by atoms with Gasteiger partial charge >= 0.3 is 0 Å². The maximum Gasteiger partial charge on any atom is 0.138 e. The molecule has 94 valence electrons. The van der Waals surface area contributed by atoms with Crippen LogP contribution in [0.3, 0.4) is 0 Å². The van der Waals surface area contributed by atoms with Crippen molar-refractivity contribution in [2.45, 2.75) is 44.5 Å². The first-order chi connectivity index (χ1) is 8.22. The number of hydrogen-bond acceptors (Lipinski definition) is 4. The van der Waals surface area contributed by atoms with Crippen molar-refractivity contribution >= 4 is 0 Å². The van der Waals surface area contributed by atoms with Gasteiger partial charge in [0, 0.05) is 20.0 Å². The smallest absolute Gasteiger partial charge is 0.138 e. The molecule has 0 radical (unpaired) electrons. The van der Waals surface area contributed by atoms with Gasteiger partial charge in [-0.05, 0) is 18.6 Å². The van der Waals surface area contributed by atoms with Gasteiger partial charge in [0.05, 0.1) is 24.1 Å². The van der Waals surface area contributed by atoms with Crippen molar-refractivity contribution in [1.82, 2.24) is 4.98 Å². The third-order valence-electron chi connectivity index (χ3n) is 3.17. The number of aliphatic hydroxyl groups excluding tert-OH is 1. The predicted octanol–water partition coefficient (Wildman–Crippen LogP) is 2.08. The van der Waals surface area contributed by atoms with Crippen molar-refractivity contribution in [1.29, 1.82) is 0 Å². The first kappa shape index (κ1) is 12.3. The molecule has 0 saturated heterocycles. The summed E-state index contributed by atoms with van der Waals surface area (Å²) in [7, 11) is 1.73. The van der Waals surface area contributed by atoms with Crippen LogP contribution in [0, 0.1) is 0 Å². The van der Waals surface area contributed by atoms with Gasteiger partial charge in [-0.2, -0.15) is 0 Å². The fourth-order valence-corrected chi connectivity index (χ4v) is 1.87. The summed E-state index contributed by atoms with van der Waals surface area (Å²) in [5, 5.41) is 9.61. The molecule has 4 heteroatoms. The zero-order valence-corrected chi connectivity index (χ0v) is 10.3. The molecule has 0 bridgehead atoms. The van der Waals surface area contributed by atoms with Crippen molar-refractivity contribution < 1.29 is 14.6 Å². The Bertz CT molecular complexity index is 346. The second-order valence-electron chi connectivity index (χ2n) is 4.41. The van der Waals surface area contributed by atoms with Gasteiger partial charge < -0.3 is 14.6 Å². The highest BCUT2D eigenvalue weighted by atomic mass is 16.5. The van der Waals surface area contributed by atoms with E-state index in [1.165, 1.54) is 0 Å². The minimum Gasteiger partial charge on any atom is -0.489 e. The third-order valence-corrected chi connectivity index (χ3v) is 3.17. The molecule has 4 nitrogen and oxygen atoms in total. The molecule has 1 saturated carbocycles. The fourth-order valence-electron chi connectivity index (χ4n) is 1.87. The lowest BCUT2D eigenvalue weighted by Gasteiger charge is -2.34. The fraction of sp³-hybridized carbons (Fsp3) is 0.615. The molecule has 0 amide bonds.